The number of carbonyl (C=O) groups is 1. The van der Waals surface area contributed by atoms with E-state index in [9.17, 15) is 26.4 Å². The molecule has 1 rings (SSSR count). The van der Waals surface area contributed by atoms with Gasteiger partial charge in [-0.3, -0.25) is 4.84 Å². The molecule has 0 aliphatic carbocycles. The van der Waals surface area contributed by atoms with E-state index in [1.54, 1.807) is 0 Å². The topological polar surface area (TPSA) is 92.7 Å². The van der Waals surface area contributed by atoms with Crippen LogP contribution < -0.4 is 4.89 Å². The van der Waals surface area contributed by atoms with Gasteiger partial charge in [0.15, 0.2) is 6.61 Å². The number of hydrogen-bond acceptors (Lipinski definition) is 4. The van der Waals surface area contributed by atoms with Crippen LogP contribution in [0.15, 0.2) is 17.0 Å². The van der Waals surface area contributed by atoms with Gasteiger partial charge in [0.1, 0.15) is 0 Å². The van der Waals surface area contributed by atoms with E-state index in [-0.39, 0.29) is 11.1 Å². The number of sulfonamides is 1. The van der Waals surface area contributed by atoms with E-state index in [2.05, 4.69) is 4.84 Å². The zero-order valence-electron chi connectivity index (χ0n) is 11.0. The van der Waals surface area contributed by atoms with Crippen molar-refractivity contribution in [1.29, 1.82) is 0 Å². The normalized spacial score (nSPS) is 12.4. The van der Waals surface area contributed by atoms with E-state index in [1.165, 1.54) is 24.8 Å². The molecule has 0 saturated heterocycles. The molecule has 2 N–H and O–H groups in total. The van der Waals surface area contributed by atoms with Gasteiger partial charge in [0.25, 0.3) is 10.0 Å². The summed E-state index contributed by atoms with van der Waals surface area (Å²) in [5.41, 5.74) is 0.281. The Morgan fingerprint density at radius 1 is 1.33 bits per heavy atom. The fourth-order valence-corrected chi connectivity index (χ4v) is 2.61. The Labute approximate surface area is 118 Å². The lowest BCUT2D eigenvalue weighted by atomic mass is 10.1. The molecule has 0 saturated carbocycles. The lowest BCUT2D eigenvalue weighted by Gasteiger charge is -2.13. The van der Waals surface area contributed by atoms with Crippen LogP contribution in [0.2, 0.25) is 0 Å². The van der Waals surface area contributed by atoms with Crippen LogP contribution in [-0.4, -0.2) is 32.3 Å². The van der Waals surface area contributed by atoms with Crippen molar-refractivity contribution in [2.75, 3.05) is 6.61 Å². The molecule has 21 heavy (non-hydrogen) atoms. The number of aromatic carboxylic acids is 1. The van der Waals surface area contributed by atoms with Gasteiger partial charge in [-0.05, 0) is 37.1 Å². The van der Waals surface area contributed by atoms with E-state index in [0.29, 0.717) is 5.56 Å². The molecule has 0 amide bonds. The molecule has 10 heteroatoms. The maximum absolute atomic E-state index is 11.9. The fourth-order valence-electron chi connectivity index (χ4n) is 1.46. The van der Waals surface area contributed by atoms with Gasteiger partial charge in [0, 0.05) is 0 Å². The number of hydrogen-bond donors (Lipinski definition) is 2. The molecule has 0 atom stereocenters. The summed E-state index contributed by atoms with van der Waals surface area (Å²) in [6.07, 6.45) is -4.70. The summed E-state index contributed by atoms with van der Waals surface area (Å²) < 4.78 is 59.5. The quantitative estimate of drug-likeness (QED) is 0.804. The van der Waals surface area contributed by atoms with Crippen LogP contribution in [0.4, 0.5) is 13.2 Å². The molecule has 0 aliphatic rings. The van der Waals surface area contributed by atoms with Crippen molar-refractivity contribution < 1.29 is 36.3 Å². The van der Waals surface area contributed by atoms with Crippen LogP contribution in [0, 0.1) is 13.8 Å². The number of alkyl halides is 3. The molecule has 0 spiro atoms. The highest BCUT2D eigenvalue weighted by Crippen LogP contribution is 2.21. The smallest absolute Gasteiger partial charge is 0.413 e. The zero-order valence-corrected chi connectivity index (χ0v) is 11.8. The van der Waals surface area contributed by atoms with Crippen LogP contribution in [0.25, 0.3) is 0 Å². The van der Waals surface area contributed by atoms with Crippen LogP contribution in [0.3, 0.4) is 0 Å². The highest BCUT2D eigenvalue weighted by molar-refractivity contribution is 7.89. The van der Waals surface area contributed by atoms with Crippen molar-refractivity contribution in [3.8, 4) is 0 Å². The summed E-state index contributed by atoms with van der Waals surface area (Å²) in [7, 11) is -4.43. The highest BCUT2D eigenvalue weighted by Gasteiger charge is 2.29. The Kier molecular flexibility index (Phi) is 4.97. The molecule has 0 unspecified atom stereocenters. The zero-order chi connectivity index (χ0) is 16.4. The summed E-state index contributed by atoms with van der Waals surface area (Å²) in [6.45, 7) is 1.08. The maximum atomic E-state index is 11.9. The first-order chi connectivity index (χ1) is 9.44. The third-order valence-electron chi connectivity index (χ3n) is 2.56. The van der Waals surface area contributed by atoms with Crippen LogP contribution in [0.1, 0.15) is 21.5 Å². The largest absolute Gasteiger partial charge is 0.478 e. The second-order valence-corrected chi connectivity index (χ2v) is 5.83. The van der Waals surface area contributed by atoms with Gasteiger partial charge in [-0.2, -0.15) is 13.2 Å². The van der Waals surface area contributed by atoms with Crippen LogP contribution in [-0.2, 0) is 14.9 Å². The Morgan fingerprint density at radius 3 is 2.38 bits per heavy atom. The Bertz CT molecular complexity index is 655. The minimum absolute atomic E-state index is 0.211. The SMILES string of the molecule is Cc1cc(C(=O)O)cc(S(=O)(=O)NOCC(F)(F)F)c1C. The average Bonchev–Trinajstić information content (AvgIpc) is 2.29. The van der Waals surface area contributed by atoms with Crippen molar-refractivity contribution >= 4 is 16.0 Å². The average molecular weight is 327 g/mol. The number of rotatable bonds is 5. The second kappa shape index (κ2) is 6.00. The number of carboxylic acid groups (broad SMARTS) is 1. The first-order valence-electron chi connectivity index (χ1n) is 5.49. The van der Waals surface area contributed by atoms with E-state index >= 15 is 0 Å². The number of benzene rings is 1. The lowest BCUT2D eigenvalue weighted by molar-refractivity contribution is -0.181. The van der Waals surface area contributed by atoms with Crippen molar-refractivity contribution in [3.05, 3.63) is 28.8 Å². The Balaban J connectivity index is 3.11. The van der Waals surface area contributed by atoms with Crippen molar-refractivity contribution in [2.45, 2.75) is 24.9 Å². The van der Waals surface area contributed by atoms with Gasteiger partial charge >= 0.3 is 12.1 Å². The van der Waals surface area contributed by atoms with Crippen molar-refractivity contribution in [2.24, 2.45) is 0 Å². The van der Waals surface area contributed by atoms with E-state index in [0.717, 1.165) is 6.07 Å². The van der Waals surface area contributed by atoms with Crippen molar-refractivity contribution in [3.63, 3.8) is 0 Å². The van der Waals surface area contributed by atoms with Gasteiger partial charge < -0.3 is 5.11 Å². The van der Waals surface area contributed by atoms with E-state index in [4.69, 9.17) is 5.11 Å². The third kappa shape index (κ3) is 4.69. The molecule has 6 nitrogen and oxygen atoms in total. The third-order valence-corrected chi connectivity index (χ3v) is 3.90. The number of aryl methyl sites for hydroxylation is 1. The summed E-state index contributed by atoms with van der Waals surface area (Å²) in [5.74, 6) is -1.36. The minimum Gasteiger partial charge on any atom is -0.478 e. The number of nitrogens with one attached hydrogen (secondary N) is 1. The molecule has 0 aliphatic heterocycles. The van der Waals surface area contributed by atoms with Crippen molar-refractivity contribution in [1.82, 2.24) is 4.89 Å². The predicted molar refractivity (Wildman–Crippen MR) is 65.2 cm³/mol. The maximum Gasteiger partial charge on any atom is 0.413 e. The molecular weight excluding hydrogens is 315 g/mol. The summed E-state index contributed by atoms with van der Waals surface area (Å²) in [5, 5.41) is 8.88. The molecule has 0 radical (unpaired) electrons. The first-order valence-corrected chi connectivity index (χ1v) is 6.97. The first kappa shape index (κ1) is 17.4. The molecule has 0 heterocycles. The molecular formula is C11H12F3NO5S. The number of halogens is 3. The second-order valence-electron chi connectivity index (χ2n) is 4.21. The standard InChI is InChI=1S/C11H12F3NO5S/c1-6-3-8(10(16)17)4-9(7(6)2)21(18,19)15-20-5-11(12,13)14/h3-4,15H,5H2,1-2H3,(H,16,17). The molecule has 0 aromatic heterocycles. The summed E-state index contributed by atoms with van der Waals surface area (Å²) >= 11 is 0. The van der Waals surface area contributed by atoms with Gasteiger partial charge in [-0.1, -0.05) is 4.89 Å². The lowest BCUT2D eigenvalue weighted by Crippen LogP contribution is -2.30. The van der Waals surface area contributed by atoms with E-state index in [1.807, 2.05) is 0 Å². The molecule has 0 fully saturated rings. The molecule has 0 bridgehead atoms. The summed E-state index contributed by atoms with van der Waals surface area (Å²) in [6, 6.07) is 2.11. The van der Waals surface area contributed by atoms with Crippen LogP contribution in [0.5, 0.6) is 0 Å². The molecule has 1 aromatic carbocycles. The highest BCUT2D eigenvalue weighted by atomic mass is 32.2. The van der Waals surface area contributed by atoms with Crippen LogP contribution >= 0.6 is 0 Å². The molecule has 1 aromatic rings. The Morgan fingerprint density at radius 2 is 1.90 bits per heavy atom. The fraction of sp³-hybridized carbons (Fsp3) is 0.364. The predicted octanol–water partition coefficient (Wildman–Crippen LogP) is 1.77. The van der Waals surface area contributed by atoms with Gasteiger partial charge in [0.2, 0.25) is 0 Å². The summed E-state index contributed by atoms with van der Waals surface area (Å²) in [4.78, 5) is 15.7. The minimum atomic E-state index is -4.70. The van der Waals surface area contributed by atoms with E-state index < -0.39 is 33.7 Å². The Hall–Kier alpha value is -1.65. The number of carboxylic acids is 1. The van der Waals surface area contributed by atoms with Gasteiger partial charge in [-0.15, -0.1) is 0 Å². The monoisotopic (exact) mass is 327 g/mol. The van der Waals surface area contributed by atoms with Gasteiger partial charge in [-0.25, -0.2) is 13.2 Å². The van der Waals surface area contributed by atoms with Gasteiger partial charge in [0.05, 0.1) is 10.5 Å². The molecule has 118 valence electrons.